The van der Waals surface area contributed by atoms with Crippen molar-refractivity contribution in [2.24, 2.45) is 11.8 Å². The van der Waals surface area contributed by atoms with Crippen molar-refractivity contribution >= 4 is 11.7 Å². The van der Waals surface area contributed by atoms with Crippen molar-refractivity contribution in [1.29, 1.82) is 0 Å². The number of amides is 1. The van der Waals surface area contributed by atoms with Crippen LogP contribution >= 0.6 is 0 Å². The van der Waals surface area contributed by atoms with Gasteiger partial charge in [0.2, 0.25) is 5.91 Å². The van der Waals surface area contributed by atoms with Crippen LogP contribution in [0, 0.1) is 11.8 Å². The molecule has 0 radical (unpaired) electrons. The van der Waals surface area contributed by atoms with E-state index in [1.165, 1.54) is 32.1 Å². The summed E-state index contributed by atoms with van der Waals surface area (Å²) in [4.78, 5) is 16.6. The molecule has 0 aliphatic heterocycles. The number of pyridine rings is 1. The first kappa shape index (κ1) is 15.3. The van der Waals surface area contributed by atoms with E-state index < -0.39 is 0 Å². The van der Waals surface area contributed by atoms with E-state index in [1.54, 1.807) is 6.20 Å². The van der Waals surface area contributed by atoms with Crippen LogP contribution in [0.2, 0.25) is 0 Å². The largest absolute Gasteiger partial charge is 0.489 e. The van der Waals surface area contributed by atoms with Crippen molar-refractivity contribution in [2.75, 3.05) is 11.9 Å². The molecule has 0 aromatic carbocycles. The van der Waals surface area contributed by atoms with Crippen LogP contribution in [0.3, 0.4) is 0 Å². The summed E-state index contributed by atoms with van der Waals surface area (Å²) < 4.78 is 5.96. The zero-order valence-corrected chi connectivity index (χ0v) is 13.2. The molecule has 0 spiro atoms. The fourth-order valence-electron chi connectivity index (χ4n) is 3.57. The second-order valence-electron chi connectivity index (χ2n) is 6.64. The van der Waals surface area contributed by atoms with Gasteiger partial charge in [-0.15, -0.1) is 0 Å². The number of carbonyl (C=O) groups excluding carboxylic acids is 1. The van der Waals surface area contributed by atoms with Gasteiger partial charge in [-0.25, -0.2) is 4.98 Å². The smallest absolute Gasteiger partial charge is 0.228 e. The maximum Gasteiger partial charge on any atom is 0.228 e. The maximum absolute atomic E-state index is 12.3. The van der Waals surface area contributed by atoms with Crippen LogP contribution in [0.25, 0.3) is 0 Å². The lowest BCUT2D eigenvalue weighted by atomic mass is 9.90. The van der Waals surface area contributed by atoms with Crippen LogP contribution in [-0.4, -0.2) is 17.5 Å². The summed E-state index contributed by atoms with van der Waals surface area (Å²) in [6.07, 6.45) is 12.5. The van der Waals surface area contributed by atoms with Gasteiger partial charge >= 0.3 is 0 Å². The van der Waals surface area contributed by atoms with Crippen molar-refractivity contribution in [3.05, 3.63) is 18.3 Å². The van der Waals surface area contributed by atoms with Crippen molar-refractivity contribution < 1.29 is 9.53 Å². The Bertz CT molecular complexity index is 492. The molecule has 4 heteroatoms. The highest BCUT2D eigenvalue weighted by Gasteiger charge is 2.24. The van der Waals surface area contributed by atoms with Crippen LogP contribution in [0.4, 0.5) is 5.82 Å². The van der Waals surface area contributed by atoms with Gasteiger partial charge in [0.1, 0.15) is 0 Å². The number of carbonyl (C=O) groups is 1. The molecule has 1 N–H and O–H groups in total. The number of aromatic nitrogens is 1. The molecule has 4 nitrogen and oxygen atoms in total. The van der Waals surface area contributed by atoms with Crippen LogP contribution in [-0.2, 0) is 4.79 Å². The average molecular weight is 302 g/mol. The third-order valence-electron chi connectivity index (χ3n) is 4.94. The van der Waals surface area contributed by atoms with Gasteiger partial charge in [-0.2, -0.15) is 0 Å². The number of hydrogen-bond acceptors (Lipinski definition) is 3. The van der Waals surface area contributed by atoms with E-state index in [2.05, 4.69) is 10.3 Å². The molecule has 0 atom stereocenters. The Labute approximate surface area is 132 Å². The van der Waals surface area contributed by atoms with Gasteiger partial charge in [0.05, 0.1) is 6.61 Å². The lowest BCUT2D eigenvalue weighted by molar-refractivity contribution is -0.119. The first-order chi connectivity index (χ1) is 10.8. The van der Waals surface area contributed by atoms with Crippen molar-refractivity contribution in [2.45, 2.75) is 57.8 Å². The Balaban J connectivity index is 1.58. The molecule has 120 valence electrons. The zero-order chi connectivity index (χ0) is 15.2. The molecule has 2 aliphatic rings. The van der Waals surface area contributed by atoms with Gasteiger partial charge in [-0.05, 0) is 43.7 Å². The maximum atomic E-state index is 12.3. The van der Waals surface area contributed by atoms with Gasteiger partial charge in [0.15, 0.2) is 11.6 Å². The Morgan fingerprint density at radius 1 is 1.14 bits per heavy atom. The molecule has 2 fully saturated rings. The van der Waals surface area contributed by atoms with Crippen LogP contribution in [0.5, 0.6) is 5.75 Å². The summed E-state index contributed by atoms with van der Waals surface area (Å²) in [7, 11) is 0. The van der Waals surface area contributed by atoms with Crippen LogP contribution in [0.15, 0.2) is 18.3 Å². The highest BCUT2D eigenvalue weighted by atomic mass is 16.5. The molecule has 2 aliphatic carbocycles. The lowest BCUT2D eigenvalue weighted by Gasteiger charge is -2.22. The van der Waals surface area contributed by atoms with Gasteiger partial charge in [0.25, 0.3) is 0 Å². The van der Waals surface area contributed by atoms with E-state index in [1.807, 2.05) is 12.1 Å². The first-order valence-electron chi connectivity index (χ1n) is 8.71. The van der Waals surface area contributed by atoms with Crippen molar-refractivity contribution in [3.8, 4) is 5.75 Å². The fraction of sp³-hybridized carbons (Fsp3) is 0.667. The van der Waals surface area contributed by atoms with Crippen LogP contribution in [0.1, 0.15) is 57.8 Å². The number of nitrogens with one attached hydrogen (secondary N) is 1. The lowest BCUT2D eigenvalue weighted by Crippen LogP contribution is -2.22. The molecule has 3 rings (SSSR count). The predicted molar refractivity (Wildman–Crippen MR) is 86.9 cm³/mol. The molecule has 1 aromatic rings. The molecule has 22 heavy (non-hydrogen) atoms. The van der Waals surface area contributed by atoms with Crippen molar-refractivity contribution in [3.63, 3.8) is 0 Å². The number of ether oxygens (including phenoxy) is 1. The average Bonchev–Trinajstić information content (AvgIpc) is 3.10. The molecule has 2 saturated carbocycles. The topological polar surface area (TPSA) is 51.2 Å². The van der Waals surface area contributed by atoms with Gasteiger partial charge in [-0.3, -0.25) is 4.79 Å². The number of rotatable bonds is 5. The van der Waals surface area contributed by atoms with Crippen molar-refractivity contribution in [1.82, 2.24) is 4.98 Å². The summed E-state index contributed by atoms with van der Waals surface area (Å²) in [5.74, 6) is 2.17. The van der Waals surface area contributed by atoms with E-state index in [4.69, 9.17) is 4.74 Å². The summed E-state index contributed by atoms with van der Waals surface area (Å²) in [5.41, 5.74) is 0. The Hall–Kier alpha value is -1.58. The number of hydrogen-bond donors (Lipinski definition) is 1. The molecule has 0 saturated heterocycles. The Kier molecular flexibility index (Phi) is 5.30. The molecule has 1 aromatic heterocycles. The summed E-state index contributed by atoms with van der Waals surface area (Å²) >= 11 is 0. The van der Waals surface area contributed by atoms with E-state index >= 15 is 0 Å². The minimum absolute atomic E-state index is 0.0960. The third kappa shape index (κ3) is 3.99. The van der Waals surface area contributed by atoms with Gasteiger partial charge in [0, 0.05) is 12.1 Å². The second kappa shape index (κ2) is 7.61. The third-order valence-corrected chi connectivity index (χ3v) is 4.94. The molecular formula is C18H26N2O2. The van der Waals surface area contributed by atoms with Gasteiger partial charge in [-0.1, -0.05) is 32.1 Å². The quantitative estimate of drug-likeness (QED) is 0.888. The summed E-state index contributed by atoms with van der Waals surface area (Å²) in [5, 5.41) is 2.97. The molecule has 0 bridgehead atoms. The highest BCUT2D eigenvalue weighted by Crippen LogP contribution is 2.29. The predicted octanol–water partition coefficient (Wildman–Crippen LogP) is 4.17. The second-order valence-corrected chi connectivity index (χ2v) is 6.64. The fourth-order valence-corrected chi connectivity index (χ4v) is 3.57. The molecular weight excluding hydrogens is 276 g/mol. The monoisotopic (exact) mass is 302 g/mol. The highest BCUT2D eigenvalue weighted by molar-refractivity contribution is 5.93. The molecule has 1 heterocycles. The molecule has 1 amide bonds. The Morgan fingerprint density at radius 3 is 2.64 bits per heavy atom. The number of nitrogens with zero attached hydrogens (tertiary/aromatic N) is 1. The van der Waals surface area contributed by atoms with E-state index in [0.29, 0.717) is 17.5 Å². The van der Waals surface area contributed by atoms with E-state index in [-0.39, 0.29) is 11.8 Å². The Morgan fingerprint density at radius 2 is 1.86 bits per heavy atom. The minimum Gasteiger partial charge on any atom is -0.489 e. The SMILES string of the molecule is O=C(Nc1ncccc1OCC1CCCCC1)C1CCCC1. The number of anilines is 1. The normalized spacial score (nSPS) is 20.0. The first-order valence-corrected chi connectivity index (χ1v) is 8.71. The standard InChI is InChI=1S/C18H26N2O2/c21-18(15-9-4-5-10-15)20-17-16(11-6-12-19-17)22-13-14-7-2-1-3-8-14/h6,11-12,14-15H,1-5,7-10,13H2,(H,19,20,21). The van der Waals surface area contributed by atoms with E-state index in [0.717, 1.165) is 32.3 Å². The zero-order valence-electron chi connectivity index (χ0n) is 13.2. The summed E-state index contributed by atoms with van der Waals surface area (Å²) in [6.45, 7) is 0.734. The minimum atomic E-state index is 0.0960. The van der Waals surface area contributed by atoms with Gasteiger partial charge < -0.3 is 10.1 Å². The summed E-state index contributed by atoms with van der Waals surface area (Å²) in [6, 6.07) is 3.77. The van der Waals surface area contributed by atoms with E-state index in [9.17, 15) is 4.79 Å². The molecule has 0 unspecified atom stereocenters. The van der Waals surface area contributed by atoms with Crippen LogP contribution < -0.4 is 10.1 Å².